The molecule has 15 heavy (non-hydrogen) atoms. The van der Waals surface area contributed by atoms with Crippen molar-refractivity contribution >= 4 is 11.0 Å². The van der Waals surface area contributed by atoms with Crippen LogP contribution in [0.3, 0.4) is 0 Å². The van der Waals surface area contributed by atoms with Crippen molar-refractivity contribution in [2.75, 3.05) is 0 Å². The minimum absolute atomic E-state index is 0.0654. The minimum atomic E-state index is -1.37. The number of aromatic hydroxyl groups is 1. The maximum absolute atomic E-state index is 11.9. The van der Waals surface area contributed by atoms with Gasteiger partial charge in [0.25, 0.3) is 0 Å². The van der Waals surface area contributed by atoms with Gasteiger partial charge < -0.3 is 5.11 Å². The predicted octanol–water partition coefficient (Wildman–Crippen LogP) is 2.11. The Bertz CT molecular complexity index is 383. The number of benzene rings is 1. The van der Waals surface area contributed by atoms with Crippen molar-refractivity contribution in [3.05, 3.63) is 23.8 Å². The lowest BCUT2D eigenvalue weighted by Crippen LogP contribution is -2.37. The Morgan fingerprint density at radius 1 is 1.33 bits per heavy atom. The highest BCUT2D eigenvalue weighted by molar-refractivity contribution is 7.83. The lowest BCUT2D eigenvalue weighted by molar-refractivity contribution is 0.458. The van der Waals surface area contributed by atoms with E-state index in [0.717, 1.165) is 5.56 Å². The van der Waals surface area contributed by atoms with Crippen molar-refractivity contribution in [3.63, 3.8) is 0 Å². The first kappa shape index (κ1) is 12.2. The van der Waals surface area contributed by atoms with Gasteiger partial charge in [-0.05, 0) is 45.4 Å². The van der Waals surface area contributed by atoms with E-state index in [0.29, 0.717) is 4.90 Å². The van der Waals surface area contributed by atoms with Crippen molar-refractivity contribution in [2.24, 2.45) is 0 Å². The molecule has 3 nitrogen and oxygen atoms in total. The van der Waals surface area contributed by atoms with Crippen molar-refractivity contribution in [3.8, 4) is 5.75 Å². The normalized spacial score (nSPS) is 13.9. The number of rotatable bonds is 2. The van der Waals surface area contributed by atoms with Crippen LogP contribution in [0.2, 0.25) is 0 Å². The molecule has 0 aliphatic heterocycles. The van der Waals surface area contributed by atoms with E-state index in [9.17, 15) is 9.32 Å². The highest BCUT2D eigenvalue weighted by Gasteiger charge is 2.17. The van der Waals surface area contributed by atoms with Gasteiger partial charge >= 0.3 is 0 Å². The Morgan fingerprint density at radius 3 is 2.47 bits per heavy atom. The fourth-order valence-electron chi connectivity index (χ4n) is 1.10. The zero-order chi connectivity index (χ0) is 11.6. The molecule has 0 aromatic heterocycles. The molecule has 1 atom stereocenters. The topological polar surface area (TPSA) is 49.3 Å². The van der Waals surface area contributed by atoms with E-state index < -0.39 is 11.0 Å². The van der Waals surface area contributed by atoms with Crippen molar-refractivity contribution in [2.45, 2.75) is 38.1 Å². The molecule has 0 amide bonds. The van der Waals surface area contributed by atoms with Gasteiger partial charge in [-0.15, -0.1) is 0 Å². The maximum Gasteiger partial charge on any atom is 0.133 e. The molecule has 1 aromatic rings. The lowest BCUT2D eigenvalue weighted by atomic mass is 10.1. The number of hydrogen-bond acceptors (Lipinski definition) is 2. The summed E-state index contributed by atoms with van der Waals surface area (Å²) in [5.41, 5.74) is 0.730. The second kappa shape index (κ2) is 4.33. The summed E-state index contributed by atoms with van der Waals surface area (Å²) in [4.78, 5) is 0.435. The quantitative estimate of drug-likeness (QED) is 0.813. The summed E-state index contributed by atoms with van der Waals surface area (Å²) < 4.78 is 14.8. The largest absolute Gasteiger partial charge is 0.507 e. The minimum Gasteiger partial charge on any atom is -0.507 e. The van der Waals surface area contributed by atoms with E-state index >= 15 is 0 Å². The molecule has 2 N–H and O–H groups in total. The van der Waals surface area contributed by atoms with E-state index in [1.165, 1.54) is 0 Å². The Balaban J connectivity index is 2.96. The number of phenols is 1. The summed E-state index contributed by atoms with van der Waals surface area (Å²) in [6.07, 6.45) is 0. The SMILES string of the molecule is Cc1ccc(O)c(S(=O)NC(C)(C)C)c1. The highest BCUT2D eigenvalue weighted by Crippen LogP contribution is 2.22. The summed E-state index contributed by atoms with van der Waals surface area (Å²) in [5, 5.41) is 9.57. The zero-order valence-electron chi connectivity index (χ0n) is 9.50. The van der Waals surface area contributed by atoms with Gasteiger partial charge in [0.1, 0.15) is 16.7 Å². The van der Waals surface area contributed by atoms with Crippen LogP contribution >= 0.6 is 0 Å². The average molecular weight is 227 g/mol. The van der Waals surface area contributed by atoms with Crippen LogP contribution in [0.1, 0.15) is 26.3 Å². The Hall–Kier alpha value is -0.870. The monoisotopic (exact) mass is 227 g/mol. The van der Waals surface area contributed by atoms with Gasteiger partial charge in [0, 0.05) is 5.54 Å². The molecule has 0 fully saturated rings. The van der Waals surface area contributed by atoms with E-state index in [1.807, 2.05) is 27.7 Å². The molecule has 0 bridgehead atoms. The molecule has 1 rings (SSSR count). The molecular weight excluding hydrogens is 210 g/mol. The summed E-state index contributed by atoms with van der Waals surface area (Å²) >= 11 is 0. The van der Waals surface area contributed by atoms with Crippen molar-refractivity contribution in [1.82, 2.24) is 4.72 Å². The maximum atomic E-state index is 11.9. The third-order valence-corrected chi connectivity index (χ3v) is 3.24. The third-order valence-electron chi connectivity index (χ3n) is 1.71. The highest BCUT2D eigenvalue weighted by atomic mass is 32.2. The van der Waals surface area contributed by atoms with Crippen LogP contribution in [0.25, 0.3) is 0 Å². The molecular formula is C11H17NO2S. The van der Waals surface area contributed by atoms with Crippen LogP contribution in [0.4, 0.5) is 0 Å². The van der Waals surface area contributed by atoms with Gasteiger partial charge in [0.15, 0.2) is 0 Å². The first-order valence-electron chi connectivity index (χ1n) is 4.79. The van der Waals surface area contributed by atoms with Gasteiger partial charge in [-0.25, -0.2) is 8.93 Å². The Kier molecular flexibility index (Phi) is 3.52. The molecule has 0 aliphatic carbocycles. The Labute approximate surface area is 93.1 Å². The molecule has 0 aliphatic rings. The molecule has 1 unspecified atom stereocenters. The smallest absolute Gasteiger partial charge is 0.133 e. The second-order valence-electron chi connectivity index (χ2n) is 4.59. The van der Waals surface area contributed by atoms with Crippen LogP contribution < -0.4 is 4.72 Å². The molecule has 4 heteroatoms. The van der Waals surface area contributed by atoms with Gasteiger partial charge in [-0.2, -0.15) is 0 Å². The van der Waals surface area contributed by atoms with Crippen LogP contribution in [0.5, 0.6) is 5.75 Å². The van der Waals surface area contributed by atoms with Crippen molar-refractivity contribution < 1.29 is 9.32 Å². The fourth-order valence-corrected chi connectivity index (χ4v) is 2.32. The number of aryl methyl sites for hydroxylation is 1. The fraction of sp³-hybridized carbons (Fsp3) is 0.455. The van der Waals surface area contributed by atoms with Gasteiger partial charge in [-0.1, -0.05) is 6.07 Å². The van der Waals surface area contributed by atoms with Gasteiger partial charge in [0.2, 0.25) is 0 Å². The standard InChI is InChI=1S/C11H17NO2S/c1-8-5-6-9(13)10(7-8)15(14)12-11(2,3)4/h5-7,12-13H,1-4H3. The molecule has 0 saturated carbocycles. The third kappa shape index (κ3) is 3.64. The van der Waals surface area contributed by atoms with E-state index in [4.69, 9.17) is 0 Å². The summed E-state index contributed by atoms with van der Waals surface area (Å²) in [5.74, 6) is 0.0654. The summed E-state index contributed by atoms with van der Waals surface area (Å²) in [7, 11) is -1.37. The molecule has 0 spiro atoms. The number of hydrogen-bond donors (Lipinski definition) is 2. The first-order chi connectivity index (χ1) is 6.79. The van der Waals surface area contributed by atoms with E-state index in [1.54, 1.807) is 18.2 Å². The van der Waals surface area contributed by atoms with Gasteiger partial charge in [0.05, 0.1) is 4.90 Å². The molecule has 0 saturated heterocycles. The molecule has 0 radical (unpaired) electrons. The van der Waals surface area contributed by atoms with Crippen LogP contribution in [-0.2, 0) is 11.0 Å². The van der Waals surface area contributed by atoms with E-state index in [2.05, 4.69) is 4.72 Å². The van der Waals surface area contributed by atoms with Crippen molar-refractivity contribution in [1.29, 1.82) is 0 Å². The Morgan fingerprint density at radius 2 is 1.93 bits per heavy atom. The number of nitrogens with one attached hydrogen (secondary N) is 1. The van der Waals surface area contributed by atoms with E-state index in [-0.39, 0.29) is 11.3 Å². The zero-order valence-corrected chi connectivity index (χ0v) is 10.3. The summed E-state index contributed by atoms with van der Waals surface area (Å²) in [6.45, 7) is 7.68. The first-order valence-corrected chi connectivity index (χ1v) is 5.94. The van der Waals surface area contributed by atoms with Gasteiger partial charge in [-0.3, -0.25) is 0 Å². The van der Waals surface area contributed by atoms with Crippen LogP contribution in [0, 0.1) is 6.92 Å². The molecule has 0 heterocycles. The lowest BCUT2D eigenvalue weighted by Gasteiger charge is -2.19. The second-order valence-corrected chi connectivity index (χ2v) is 5.77. The molecule has 84 valence electrons. The summed E-state index contributed by atoms with van der Waals surface area (Å²) in [6, 6.07) is 5.07. The van der Waals surface area contributed by atoms with Crippen LogP contribution in [-0.4, -0.2) is 14.9 Å². The number of phenolic OH excluding ortho intramolecular Hbond substituents is 1. The molecule has 1 aromatic carbocycles. The van der Waals surface area contributed by atoms with Crippen LogP contribution in [0.15, 0.2) is 23.1 Å². The average Bonchev–Trinajstić information content (AvgIpc) is 2.06. The predicted molar refractivity (Wildman–Crippen MR) is 62.1 cm³/mol.